The van der Waals surface area contributed by atoms with Gasteiger partial charge in [0, 0.05) is 48.4 Å². The number of benzene rings is 1. The lowest BCUT2D eigenvalue weighted by Gasteiger charge is -2.29. The van der Waals surface area contributed by atoms with Crippen molar-refractivity contribution in [1.82, 2.24) is 15.4 Å². The van der Waals surface area contributed by atoms with E-state index in [-0.39, 0.29) is 18.5 Å². The first kappa shape index (κ1) is 24.3. The first-order valence-electron chi connectivity index (χ1n) is 10.9. The van der Waals surface area contributed by atoms with Crippen molar-refractivity contribution in [3.8, 4) is 17.6 Å². The fraction of sp³-hybridized carbons (Fsp3) is 0.360. The van der Waals surface area contributed by atoms with E-state index in [1.165, 1.54) is 6.21 Å². The smallest absolute Gasteiger partial charge is 0.166 e. The van der Waals surface area contributed by atoms with Gasteiger partial charge in [-0.15, -0.1) is 0 Å². The summed E-state index contributed by atoms with van der Waals surface area (Å²) in [6, 6.07) is 9.33. The molecule has 8 heteroatoms. The average molecular weight is 450 g/mol. The number of nitrogens with one attached hydrogen (secondary N) is 2. The van der Waals surface area contributed by atoms with Crippen molar-refractivity contribution in [2.24, 2.45) is 0 Å². The van der Waals surface area contributed by atoms with Crippen molar-refractivity contribution in [2.75, 3.05) is 18.8 Å². The van der Waals surface area contributed by atoms with Gasteiger partial charge in [0.1, 0.15) is 12.2 Å². The topological polar surface area (TPSA) is 128 Å². The van der Waals surface area contributed by atoms with E-state index in [4.69, 9.17) is 15.9 Å². The van der Waals surface area contributed by atoms with Crippen LogP contribution in [-0.4, -0.2) is 51.2 Å². The number of hydrogen-bond acceptors (Lipinski definition) is 8. The highest BCUT2D eigenvalue weighted by Gasteiger charge is 2.16. The zero-order valence-electron chi connectivity index (χ0n) is 19.0. The predicted octanol–water partition coefficient (Wildman–Crippen LogP) is 2.32. The van der Waals surface area contributed by atoms with Crippen LogP contribution in [0.15, 0.2) is 42.7 Å². The van der Waals surface area contributed by atoms with Crippen molar-refractivity contribution in [1.29, 1.82) is 5.41 Å². The molecule has 2 aromatic rings. The lowest BCUT2D eigenvalue weighted by molar-refractivity contribution is 0.0662. The van der Waals surface area contributed by atoms with Crippen LogP contribution in [0.4, 0.5) is 5.82 Å². The molecule has 0 unspecified atom stereocenters. The van der Waals surface area contributed by atoms with E-state index in [1.807, 2.05) is 29.3 Å². The molecule has 0 spiro atoms. The molecule has 3 rings (SSSR count). The van der Waals surface area contributed by atoms with Crippen LogP contribution in [-0.2, 0) is 6.61 Å². The standard InChI is InChI=1S/C25H31N5O3/c1-25(2,32)9-6-18-4-3-5-19(12-18)17-33-23-13-20(15-28-24(23)27)21(14-26)16-29-30-10-7-22(31)8-11-30/h3-5,12-16,22,26,29,31-32H,7-8,10-11,17H2,1-2H3,(H2,27,28)/b21-16+,26-14?. The molecule has 0 aliphatic carbocycles. The SMILES string of the molecule is CC(C)(O)C#Cc1cccc(COc2cc(/C(C=N)=C/NN3CCC(O)CC3)cnc2N)c1. The second-order valence-corrected chi connectivity index (χ2v) is 8.50. The summed E-state index contributed by atoms with van der Waals surface area (Å²) in [5.74, 6) is 6.45. The summed E-state index contributed by atoms with van der Waals surface area (Å²) >= 11 is 0. The number of nitrogens with zero attached hydrogens (tertiary/aromatic N) is 2. The maximum Gasteiger partial charge on any atom is 0.166 e. The van der Waals surface area contributed by atoms with Crippen LogP contribution in [0.25, 0.3) is 5.57 Å². The first-order valence-corrected chi connectivity index (χ1v) is 10.9. The van der Waals surface area contributed by atoms with Crippen LogP contribution in [0, 0.1) is 17.3 Å². The summed E-state index contributed by atoms with van der Waals surface area (Å²) in [4.78, 5) is 4.22. The number of pyridine rings is 1. The minimum atomic E-state index is -1.06. The summed E-state index contributed by atoms with van der Waals surface area (Å²) < 4.78 is 5.92. The number of ether oxygens (including phenoxy) is 1. The monoisotopic (exact) mass is 449 g/mol. The summed E-state index contributed by atoms with van der Waals surface area (Å²) in [6.45, 7) is 5.01. The largest absolute Gasteiger partial charge is 0.485 e. The molecule has 2 heterocycles. The van der Waals surface area contributed by atoms with Gasteiger partial charge in [-0.25, -0.2) is 9.99 Å². The summed E-state index contributed by atoms with van der Waals surface area (Å²) in [5, 5.41) is 29.2. The molecule has 8 nitrogen and oxygen atoms in total. The molecule has 0 bridgehead atoms. The van der Waals surface area contributed by atoms with Gasteiger partial charge in [-0.05, 0) is 50.5 Å². The quantitative estimate of drug-likeness (QED) is 0.324. The molecule has 0 amide bonds. The van der Waals surface area contributed by atoms with Gasteiger partial charge in [-0.2, -0.15) is 0 Å². The second-order valence-electron chi connectivity index (χ2n) is 8.50. The van der Waals surface area contributed by atoms with E-state index in [2.05, 4.69) is 22.3 Å². The number of hydrazine groups is 1. The first-order chi connectivity index (χ1) is 15.7. The predicted molar refractivity (Wildman–Crippen MR) is 129 cm³/mol. The Morgan fingerprint density at radius 3 is 2.82 bits per heavy atom. The van der Waals surface area contributed by atoms with Crippen molar-refractivity contribution >= 4 is 17.6 Å². The van der Waals surface area contributed by atoms with Gasteiger partial charge < -0.3 is 31.5 Å². The third-order valence-corrected chi connectivity index (χ3v) is 5.07. The van der Waals surface area contributed by atoms with Crippen LogP contribution in [0.1, 0.15) is 43.4 Å². The van der Waals surface area contributed by atoms with E-state index in [9.17, 15) is 10.2 Å². The zero-order chi connectivity index (χ0) is 23.8. The van der Waals surface area contributed by atoms with Crippen LogP contribution in [0.3, 0.4) is 0 Å². The maximum atomic E-state index is 9.79. The minimum absolute atomic E-state index is 0.246. The number of rotatable bonds is 7. The molecule has 1 aromatic heterocycles. The summed E-state index contributed by atoms with van der Waals surface area (Å²) in [6.07, 6.45) is 5.78. The number of nitrogen functional groups attached to an aromatic ring is 1. The Balaban J connectivity index is 1.69. The van der Waals surface area contributed by atoms with E-state index in [0.29, 0.717) is 29.7 Å². The minimum Gasteiger partial charge on any atom is -0.485 e. The van der Waals surface area contributed by atoms with Gasteiger partial charge in [0.25, 0.3) is 0 Å². The molecular weight excluding hydrogens is 418 g/mol. The molecule has 0 atom stereocenters. The van der Waals surface area contributed by atoms with Crippen LogP contribution in [0.5, 0.6) is 5.75 Å². The van der Waals surface area contributed by atoms with E-state index >= 15 is 0 Å². The van der Waals surface area contributed by atoms with Crippen LogP contribution >= 0.6 is 0 Å². The average Bonchev–Trinajstić information content (AvgIpc) is 2.79. The fourth-order valence-electron chi connectivity index (χ4n) is 3.22. The molecule has 1 fully saturated rings. The van der Waals surface area contributed by atoms with E-state index in [1.54, 1.807) is 32.3 Å². The number of allylic oxidation sites excluding steroid dienone is 1. The highest BCUT2D eigenvalue weighted by Crippen LogP contribution is 2.24. The number of piperidine rings is 1. The molecule has 6 N–H and O–H groups in total. The van der Waals surface area contributed by atoms with Gasteiger partial charge in [-0.1, -0.05) is 24.0 Å². The number of anilines is 1. The van der Waals surface area contributed by atoms with Crippen molar-refractivity contribution in [3.63, 3.8) is 0 Å². The van der Waals surface area contributed by atoms with Crippen LogP contribution < -0.4 is 15.9 Å². The van der Waals surface area contributed by atoms with Crippen LogP contribution in [0.2, 0.25) is 0 Å². The van der Waals surface area contributed by atoms with E-state index in [0.717, 1.165) is 24.2 Å². The Hall–Kier alpha value is -3.38. The second kappa shape index (κ2) is 11.0. The lowest BCUT2D eigenvalue weighted by atomic mass is 10.1. The lowest BCUT2D eigenvalue weighted by Crippen LogP contribution is -2.42. The highest BCUT2D eigenvalue weighted by molar-refractivity contribution is 6.08. The third-order valence-electron chi connectivity index (χ3n) is 5.07. The molecule has 1 aliphatic rings. The molecular formula is C25H31N5O3. The number of aromatic nitrogens is 1. The number of aliphatic hydroxyl groups excluding tert-OH is 1. The van der Waals surface area contributed by atoms with Gasteiger partial charge in [0.05, 0.1) is 6.10 Å². The zero-order valence-corrected chi connectivity index (χ0v) is 19.0. The molecule has 1 aromatic carbocycles. The van der Waals surface area contributed by atoms with Gasteiger partial charge >= 0.3 is 0 Å². The Labute approximate surface area is 194 Å². The number of hydrogen-bond donors (Lipinski definition) is 5. The van der Waals surface area contributed by atoms with Gasteiger partial charge in [0.15, 0.2) is 11.6 Å². The molecule has 0 saturated carbocycles. The van der Waals surface area contributed by atoms with Crippen molar-refractivity contribution in [3.05, 3.63) is 59.4 Å². The van der Waals surface area contributed by atoms with Crippen molar-refractivity contribution < 1.29 is 14.9 Å². The van der Waals surface area contributed by atoms with Gasteiger partial charge in [0.2, 0.25) is 0 Å². The molecule has 33 heavy (non-hydrogen) atoms. The highest BCUT2D eigenvalue weighted by atomic mass is 16.5. The number of nitrogens with two attached hydrogens (primary N) is 1. The Kier molecular flexibility index (Phi) is 8.06. The molecule has 1 aliphatic heterocycles. The Morgan fingerprint density at radius 1 is 1.36 bits per heavy atom. The summed E-state index contributed by atoms with van der Waals surface area (Å²) in [5.41, 5.74) is 11.2. The van der Waals surface area contributed by atoms with Crippen molar-refractivity contribution in [2.45, 2.75) is 45.0 Å². The third kappa shape index (κ3) is 7.61. The fourth-order valence-corrected chi connectivity index (χ4v) is 3.22. The normalized spacial score (nSPS) is 15.5. The number of aliphatic hydroxyl groups is 2. The Bertz CT molecular complexity index is 1060. The van der Waals surface area contributed by atoms with Gasteiger partial charge in [-0.3, -0.25) is 0 Å². The molecule has 174 valence electrons. The molecule has 1 saturated heterocycles. The molecule has 0 radical (unpaired) electrons. The maximum absolute atomic E-state index is 9.79. The Morgan fingerprint density at radius 2 is 2.12 bits per heavy atom. The summed E-state index contributed by atoms with van der Waals surface area (Å²) in [7, 11) is 0. The van der Waals surface area contributed by atoms with E-state index < -0.39 is 5.60 Å².